The summed E-state index contributed by atoms with van der Waals surface area (Å²) in [6.07, 6.45) is 0. The molecule has 0 amide bonds. The van der Waals surface area contributed by atoms with Gasteiger partial charge in [0, 0.05) is 0 Å². The van der Waals surface area contributed by atoms with Gasteiger partial charge in [-0.15, -0.1) is 0 Å². The molecule has 0 aliphatic carbocycles. The van der Waals surface area contributed by atoms with Crippen LogP contribution in [-0.4, -0.2) is 18.7 Å². The molecule has 0 spiro atoms. The van der Waals surface area contributed by atoms with Crippen LogP contribution in [0.15, 0.2) is 24.3 Å². The number of methoxy groups -OCH3 is 1. The number of Topliss-reactive ketones (excluding diaryl/α,β-unsaturated/α-hetero) is 2. The smallest absolute Gasteiger partial charge is 0.141 e. The molecule has 94 valence electrons. The van der Waals surface area contributed by atoms with Crippen LogP contribution in [0.3, 0.4) is 0 Å². The normalized spacial score (nSPS) is 11.7. The molecule has 1 atom stereocenters. The molecule has 0 radical (unpaired) electrons. The Kier molecular flexibility index (Phi) is 4.61. The van der Waals surface area contributed by atoms with E-state index < -0.39 is 11.8 Å². The Labute approximate surface area is 106 Å². The number of hydrogen-bond acceptors (Lipinski definition) is 4. The number of benzene rings is 1. The van der Waals surface area contributed by atoms with Gasteiger partial charge in [0.05, 0.1) is 25.0 Å². The number of ketones is 2. The van der Waals surface area contributed by atoms with E-state index in [0.717, 1.165) is 0 Å². The molecular formula is C14H15NO3. The van der Waals surface area contributed by atoms with Crippen LogP contribution in [-0.2, 0) is 9.59 Å². The molecule has 4 nitrogen and oxygen atoms in total. The number of hydrogen-bond donors (Lipinski definition) is 0. The lowest BCUT2D eigenvalue weighted by atomic mass is 9.82. The van der Waals surface area contributed by atoms with Gasteiger partial charge in [-0.05, 0) is 31.5 Å². The molecule has 0 fully saturated rings. The number of carbonyl (C=O) groups is 2. The van der Waals surface area contributed by atoms with Gasteiger partial charge in [0.2, 0.25) is 0 Å². The van der Waals surface area contributed by atoms with E-state index in [-0.39, 0.29) is 11.6 Å². The number of nitriles is 1. The van der Waals surface area contributed by atoms with Gasteiger partial charge in [-0.25, -0.2) is 0 Å². The van der Waals surface area contributed by atoms with Crippen molar-refractivity contribution in [2.75, 3.05) is 7.11 Å². The topological polar surface area (TPSA) is 67.2 Å². The van der Waals surface area contributed by atoms with Crippen LogP contribution in [0.25, 0.3) is 0 Å². The minimum atomic E-state index is -0.900. The summed E-state index contributed by atoms with van der Waals surface area (Å²) in [5.74, 6) is -1.55. The van der Waals surface area contributed by atoms with Crippen molar-refractivity contribution >= 4 is 11.6 Å². The average molecular weight is 245 g/mol. The average Bonchev–Trinajstić information content (AvgIpc) is 2.35. The zero-order chi connectivity index (χ0) is 13.7. The van der Waals surface area contributed by atoms with Crippen LogP contribution in [0.4, 0.5) is 0 Å². The van der Waals surface area contributed by atoms with Gasteiger partial charge >= 0.3 is 0 Å². The first-order chi connectivity index (χ1) is 8.51. The predicted octanol–water partition coefficient (Wildman–Crippen LogP) is 2.10. The van der Waals surface area contributed by atoms with E-state index in [0.29, 0.717) is 11.3 Å². The van der Waals surface area contributed by atoms with Gasteiger partial charge in [-0.3, -0.25) is 9.59 Å². The highest BCUT2D eigenvalue weighted by molar-refractivity contribution is 6.01. The molecule has 0 bridgehead atoms. The first kappa shape index (κ1) is 13.9. The standard InChI is InChI=1S/C14H15NO3/c1-9(16)14(10(2)17)13(8-15)11-4-6-12(18-3)7-5-11/h4-7,13-14H,1-3H3. The highest BCUT2D eigenvalue weighted by atomic mass is 16.5. The van der Waals surface area contributed by atoms with Gasteiger partial charge in [0.25, 0.3) is 0 Å². The van der Waals surface area contributed by atoms with Crippen LogP contribution in [0.5, 0.6) is 5.75 Å². The lowest BCUT2D eigenvalue weighted by Gasteiger charge is -2.17. The van der Waals surface area contributed by atoms with E-state index in [1.807, 2.05) is 6.07 Å². The quantitative estimate of drug-likeness (QED) is 0.745. The summed E-state index contributed by atoms with van der Waals surface area (Å²) in [4.78, 5) is 23.0. The SMILES string of the molecule is COc1ccc(C(C#N)C(C(C)=O)C(C)=O)cc1. The molecule has 1 aromatic rings. The second kappa shape index (κ2) is 5.97. The van der Waals surface area contributed by atoms with E-state index in [9.17, 15) is 14.9 Å². The van der Waals surface area contributed by atoms with E-state index in [1.165, 1.54) is 13.8 Å². The Morgan fingerprint density at radius 3 is 2.00 bits per heavy atom. The van der Waals surface area contributed by atoms with Crippen molar-refractivity contribution in [3.05, 3.63) is 29.8 Å². The summed E-state index contributed by atoms with van der Waals surface area (Å²) in [7, 11) is 1.55. The van der Waals surface area contributed by atoms with Crippen LogP contribution >= 0.6 is 0 Å². The van der Waals surface area contributed by atoms with E-state index in [2.05, 4.69) is 0 Å². The predicted molar refractivity (Wildman–Crippen MR) is 66.2 cm³/mol. The van der Waals surface area contributed by atoms with Crippen LogP contribution in [0, 0.1) is 17.2 Å². The monoisotopic (exact) mass is 245 g/mol. The zero-order valence-corrected chi connectivity index (χ0v) is 10.6. The molecule has 1 unspecified atom stereocenters. The molecule has 0 saturated carbocycles. The molecule has 0 aliphatic heterocycles. The van der Waals surface area contributed by atoms with E-state index in [1.54, 1.807) is 31.4 Å². The highest BCUT2D eigenvalue weighted by Gasteiger charge is 2.30. The minimum Gasteiger partial charge on any atom is -0.497 e. The summed E-state index contributed by atoms with van der Waals surface area (Å²) in [5, 5.41) is 9.19. The second-order valence-electron chi connectivity index (χ2n) is 4.08. The zero-order valence-electron chi connectivity index (χ0n) is 10.6. The number of ether oxygens (including phenoxy) is 1. The molecule has 0 heterocycles. The molecular weight excluding hydrogens is 230 g/mol. The summed E-state index contributed by atoms with van der Waals surface area (Å²) >= 11 is 0. The van der Waals surface area contributed by atoms with Gasteiger partial charge < -0.3 is 4.74 Å². The highest BCUT2D eigenvalue weighted by Crippen LogP contribution is 2.27. The first-order valence-corrected chi connectivity index (χ1v) is 5.55. The van der Waals surface area contributed by atoms with Crippen molar-refractivity contribution in [1.82, 2.24) is 0 Å². The Bertz CT molecular complexity index is 471. The second-order valence-corrected chi connectivity index (χ2v) is 4.08. The molecule has 0 saturated heterocycles. The van der Waals surface area contributed by atoms with Crippen LogP contribution < -0.4 is 4.74 Å². The van der Waals surface area contributed by atoms with Crippen molar-refractivity contribution < 1.29 is 14.3 Å². The van der Waals surface area contributed by atoms with Crippen molar-refractivity contribution in [3.63, 3.8) is 0 Å². The molecule has 18 heavy (non-hydrogen) atoms. The third-order valence-corrected chi connectivity index (χ3v) is 2.82. The maximum atomic E-state index is 11.5. The third-order valence-electron chi connectivity index (χ3n) is 2.82. The fraction of sp³-hybridized carbons (Fsp3) is 0.357. The lowest BCUT2D eigenvalue weighted by Crippen LogP contribution is -2.26. The number of nitrogens with zero attached hydrogens (tertiary/aromatic N) is 1. The Balaban J connectivity index is 3.12. The van der Waals surface area contributed by atoms with Crippen molar-refractivity contribution in [1.29, 1.82) is 5.26 Å². The van der Waals surface area contributed by atoms with Gasteiger partial charge in [0.15, 0.2) is 0 Å². The molecule has 4 heteroatoms. The summed E-state index contributed by atoms with van der Waals surface area (Å²) in [6, 6.07) is 8.85. The maximum Gasteiger partial charge on any atom is 0.141 e. The molecule has 0 aliphatic rings. The van der Waals surface area contributed by atoms with E-state index in [4.69, 9.17) is 4.74 Å². The van der Waals surface area contributed by atoms with Crippen molar-refractivity contribution in [2.24, 2.45) is 5.92 Å². The Morgan fingerprint density at radius 2 is 1.67 bits per heavy atom. The van der Waals surface area contributed by atoms with Gasteiger partial charge in [0.1, 0.15) is 17.3 Å². The third kappa shape index (κ3) is 2.95. The van der Waals surface area contributed by atoms with Crippen molar-refractivity contribution in [2.45, 2.75) is 19.8 Å². The van der Waals surface area contributed by atoms with Gasteiger partial charge in [-0.2, -0.15) is 5.26 Å². The fourth-order valence-corrected chi connectivity index (χ4v) is 1.91. The Hall–Kier alpha value is -2.15. The maximum absolute atomic E-state index is 11.5. The summed E-state index contributed by atoms with van der Waals surface area (Å²) in [6.45, 7) is 2.67. The molecule has 1 aromatic carbocycles. The molecule has 0 aromatic heterocycles. The minimum absolute atomic E-state index is 0.287. The lowest BCUT2D eigenvalue weighted by molar-refractivity contribution is -0.130. The molecule has 0 N–H and O–H groups in total. The summed E-state index contributed by atoms with van der Waals surface area (Å²) in [5.41, 5.74) is 0.647. The van der Waals surface area contributed by atoms with Gasteiger partial charge in [-0.1, -0.05) is 12.1 Å². The fourth-order valence-electron chi connectivity index (χ4n) is 1.91. The molecule has 1 rings (SSSR count). The Morgan fingerprint density at radius 1 is 1.17 bits per heavy atom. The summed E-state index contributed by atoms with van der Waals surface area (Å²) < 4.78 is 5.02. The van der Waals surface area contributed by atoms with E-state index >= 15 is 0 Å². The van der Waals surface area contributed by atoms with Crippen molar-refractivity contribution in [3.8, 4) is 11.8 Å². The largest absolute Gasteiger partial charge is 0.497 e. The van der Waals surface area contributed by atoms with Crippen LogP contribution in [0.1, 0.15) is 25.3 Å². The first-order valence-electron chi connectivity index (χ1n) is 5.55. The number of carbonyl (C=O) groups excluding carboxylic acids is 2. The van der Waals surface area contributed by atoms with Crippen LogP contribution in [0.2, 0.25) is 0 Å². The number of rotatable bonds is 5.